The van der Waals surface area contributed by atoms with E-state index in [4.69, 9.17) is 11.6 Å². The zero-order valence-electron chi connectivity index (χ0n) is 11.1. The van der Waals surface area contributed by atoms with Gasteiger partial charge in [-0.15, -0.1) is 0 Å². The predicted octanol–water partition coefficient (Wildman–Crippen LogP) is 3.97. The minimum Gasteiger partial charge on any atom is -0.208 e. The summed E-state index contributed by atoms with van der Waals surface area (Å²) in [6, 6.07) is 2.41. The van der Waals surface area contributed by atoms with E-state index in [-0.39, 0.29) is 6.04 Å². The Bertz CT molecular complexity index is 610. The van der Waals surface area contributed by atoms with Crippen LogP contribution in [0.4, 0.5) is 13.2 Å². The van der Waals surface area contributed by atoms with Gasteiger partial charge in [-0.3, -0.25) is 0 Å². The lowest BCUT2D eigenvalue weighted by Crippen LogP contribution is -2.36. The van der Waals surface area contributed by atoms with Gasteiger partial charge in [-0.2, -0.15) is 13.2 Å². The van der Waals surface area contributed by atoms with E-state index in [0.29, 0.717) is 18.9 Å². The SMILES string of the molecule is O=S(=O)(NC1CCCCC1)c1ccc(Cl)c(C(F)(F)F)c1. The fraction of sp³-hybridized carbons (Fsp3) is 0.538. The molecule has 0 heterocycles. The first kappa shape index (κ1) is 16.6. The maximum atomic E-state index is 12.8. The lowest BCUT2D eigenvalue weighted by atomic mass is 9.96. The average Bonchev–Trinajstić information content (AvgIpc) is 2.38. The summed E-state index contributed by atoms with van der Waals surface area (Å²) >= 11 is 5.49. The van der Waals surface area contributed by atoms with Crippen molar-refractivity contribution in [2.75, 3.05) is 0 Å². The minimum atomic E-state index is -4.69. The second-order valence-electron chi connectivity index (χ2n) is 5.10. The first-order valence-corrected chi connectivity index (χ1v) is 8.45. The molecule has 2 rings (SSSR count). The molecule has 0 radical (unpaired) electrons. The molecule has 8 heteroatoms. The van der Waals surface area contributed by atoms with Gasteiger partial charge in [-0.05, 0) is 31.0 Å². The molecule has 0 bridgehead atoms. The molecule has 0 spiro atoms. The number of benzene rings is 1. The third-order valence-electron chi connectivity index (χ3n) is 3.48. The molecular weight excluding hydrogens is 327 g/mol. The van der Waals surface area contributed by atoms with Crippen molar-refractivity contribution in [2.45, 2.75) is 49.2 Å². The third-order valence-corrected chi connectivity index (χ3v) is 5.33. The molecule has 1 saturated carbocycles. The van der Waals surface area contributed by atoms with Crippen molar-refractivity contribution in [3.05, 3.63) is 28.8 Å². The van der Waals surface area contributed by atoms with Crippen molar-refractivity contribution in [3.63, 3.8) is 0 Å². The molecule has 0 amide bonds. The maximum absolute atomic E-state index is 12.8. The van der Waals surface area contributed by atoms with Crippen LogP contribution in [0.3, 0.4) is 0 Å². The van der Waals surface area contributed by atoms with E-state index in [0.717, 1.165) is 31.4 Å². The van der Waals surface area contributed by atoms with Crippen LogP contribution in [0.15, 0.2) is 23.1 Å². The van der Waals surface area contributed by atoms with Gasteiger partial charge in [0.2, 0.25) is 10.0 Å². The summed E-state index contributed by atoms with van der Waals surface area (Å²) in [6.07, 6.45) is -0.383. The molecule has 3 nitrogen and oxygen atoms in total. The van der Waals surface area contributed by atoms with Crippen LogP contribution in [0.2, 0.25) is 5.02 Å². The molecule has 0 atom stereocenters. The van der Waals surface area contributed by atoms with Crippen LogP contribution >= 0.6 is 11.6 Å². The first-order valence-electron chi connectivity index (χ1n) is 6.59. The lowest BCUT2D eigenvalue weighted by molar-refractivity contribution is -0.137. The van der Waals surface area contributed by atoms with Crippen molar-refractivity contribution >= 4 is 21.6 Å². The predicted molar refractivity (Wildman–Crippen MR) is 73.6 cm³/mol. The molecule has 1 aliphatic carbocycles. The monoisotopic (exact) mass is 341 g/mol. The standard InChI is InChI=1S/C13H15ClF3NO2S/c14-12-7-6-10(8-11(12)13(15,16)17)21(19,20)18-9-4-2-1-3-5-9/h6-9,18H,1-5H2. The van der Waals surface area contributed by atoms with Crippen LogP contribution in [0.1, 0.15) is 37.7 Å². The number of hydrogen-bond donors (Lipinski definition) is 1. The van der Waals surface area contributed by atoms with E-state index in [1.54, 1.807) is 0 Å². The zero-order valence-corrected chi connectivity index (χ0v) is 12.7. The molecule has 0 aliphatic heterocycles. The molecule has 1 fully saturated rings. The topological polar surface area (TPSA) is 46.2 Å². The van der Waals surface area contributed by atoms with E-state index in [9.17, 15) is 21.6 Å². The fourth-order valence-electron chi connectivity index (χ4n) is 2.40. The molecular formula is C13H15ClF3NO2S. The van der Waals surface area contributed by atoms with Gasteiger partial charge in [0.1, 0.15) is 0 Å². The van der Waals surface area contributed by atoms with Gasteiger partial charge in [-0.25, -0.2) is 13.1 Å². The van der Waals surface area contributed by atoms with Crippen molar-refractivity contribution in [1.82, 2.24) is 4.72 Å². The Morgan fingerprint density at radius 2 is 1.76 bits per heavy atom. The van der Waals surface area contributed by atoms with Crippen LogP contribution < -0.4 is 4.72 Å². The summed E-state index contributed by atoms with van der Waals surface area (Å²) in [5.74, 6) is 0. The highest BCUT2D eigenvalue weighted by Crippen LogP contribution is 2.36. The molecule has 1 aromatic carbocycles. The highest BCUT2D eigenvalue weighted by atomic mass is 35.5. The van der Waals surface area contributed by atoms with Crippen LogP contribution in [0.5, 0.6) is 0 Å². The largest absolute Gasteiger partial charge is 0.417 e. The van der Waals surface area contributed by atoms with Gasteiger partial charge in [0, 0.05) is 6.04 Å². The van der Waals surface area contributed by atoms with Crippen LogP contribution in [0, 0.1) is 0 Å². The summed E-state index contributed by atoms with van der Waals surface area (Å²) in [5, 5.41) is -0.515. The summed E-state index contributed by atoms with van der Waals surface area (Å²) in [7, 11) is -3.97. The van der Waals surface area contributed by atoms with Gasteiger partial charge < -0.3 is 0 Å². The van der Waals surface area contributed by atoms with E-state index >= 15 is 0 Å². The third kappa shape index (κ3) is 4.11. The van der Waals surface area contributed by atoms with Gasteiger partial charge >= 0.3 is 6.18 Å². The Balaban J connectivity index is 2.27. The van der Waals surface area contributed by atoms with Crippen molar-refractivity contribution in [2.24, 2.45) is 0 Å². The molecule has 1 aromatic rings. The van der Waals surface area contributed by atoms with E-state index in [1.165, 1.54) is 0 Å². The Kier molecular flexibility index (Phi) is 4.85. The summed E-state index contributed by atoms with van der Waals surface area (Å²) in [5.41, 5.74) is -1.14. The minimum absolute atomic E-state index is 0.214. The second kappa shape index (κ2) is 6.14. The molecule has 0 aromatic heterocycles. The number of sulfonamides is 1. The quantitative estimate of drug-likeness (QED) is 0.904. The van der Waals surface area contributed by atoms with Crippen molar-refractivity contribution in [3.8, 4) is 0 Å². The summed E-state index contributed by atoms with van der Waals surface area (Å²) < 4.78 is 65.1. The Morgan fingerprint density at radius 3 is 2.33 bits per heavy atom. The van der Waals surface area contributed by atoms with Crippen molar-refractivity contribution < 1.29 is 21.6 Å². The van der Waals surface area contributed by atoms with E-state index in [1.807, 2.05) is 0 Å². The number of halogens is 4. The zero-order chi connectivity index (χ0) is 15.7. The molecule has 21 heavy (non-hydrogen) atoms. The summed E-state index contributed by atoms with van der Waals surface area (Å²) in [6.45, 7) is 0. The van der Waals surface area contributed by atoms with Crippen LogP contribution in [-0.2, 0) is 16.2 Å². The lowest BCUT2D eigenvalue weighted by Gasteiger charge is -2.22. The highest BCUT2D eigenvalue weighted by molar-refractivity contribution is 7.89. The van der Waals surface area contributed by atoms with Gasteiger partial charge in [0.15, 0.2) is 0 Å². The Hall–Kier alpha value is -0.790. The van der Waals surface area contributed by atoms with Gasteiger partial charge in [-0.1, -0.05) is 30.9 Å². The van der Waals surface area contributed by atoms with Crippen molar-refractivity contribution in [1.29, 1.82) is 0 Å². The number of alkyl halides is 3. The summed E-state index contributed by atoms with van der Waals surface area (Å²) in [4.78, 5) is -0.412. The average molecular weight is 342 g/mol. The Labute approximate surface area is 126 Å². The molecule has 0 saturated heterocycles. The fourth-order valence-corrected chi connectivity index (χ4v) is 3.95. The highest BCUT2D eigenvalue weighted by Gasteiger charge is 2.34. The molecule has 0 unspecified atom stereocenters. The Morgan fingerprint density at radius 1 is 1.14 bits per heavy atom. The van der Waals surface area contributed by atoms with Gasteiger partial charge in [0.05, 0.1) is 15.5 Å². The first-order chi connectivity index (χ1) is 9.70. The van der Waals surface area contributed by atoms with Crippen LogP contribution in [-0.4, -0.2) is 14.5 Å². The number of hydrogen-bond acceptors (Lipinski definition) is 2. The second-order valence-corrected chi connectivity index (χ2v) is 7.22. The van der Waals surface area contributed by atoms with E-state index < -0.39 is 31.7 Å². The number of nitrogens with one attached hydrogen (secondary N) is 1. The van der Waals surface area contributed by atoms with Gasteiger partial charge in [0.25, 0.3) is 0 Å². The smallest absolute Gasteiger partial charge is 0.208 e. The molecule has 1 aliphatic rings. The van der Waals surface area contributed by atoms with Crippen LogP contribution in [0.25, 0.3) is 0 Å². The molecule has 118 valence electrons. The maximum Gasteiger partial charge on any atom is 0.417 e. The molecule has 1 N–H and O–H groups in total. The van der Waals surface area contributed by atoms with E-state index in [2.05, 4.69) is 4.72 Å². The number of rotatable bonds is 3. The normalized spacial score (nSPS) is 17.9.